The number of nitrogens with zero attached hydrogens (tertiary/aromatic N) is 3. The summed E-state index contributed by atoms with van der Waals surface area (Å²) in [6, 6.07) is 41.4. The highest BCUT2D eigenvalue weighted by molar-refractivity contribution is 7.25. The van der Waals surface area contributed by atoms with Gasteiger partial charge in [-0.3, -0.25) is 0 Å². The second-order valence-corrected chi connectivity index (χ2v) is 10.6. The van der Waals surface area contributed by atoms with Gasteiger partial charge in [0.2, 0.25) is 0 Å². The lowest BCUT2D eigenvalue weighted by atomic mass is 9.98. The molecule has 0 N–H and O–H groups in total. The van der Waals surface area contributed by atoms with Crippen molar-refractivity contribution >= 4 is 53.4 Å². The van der Waals surface area contributed by atoms with Gasteiger partial charge < -0.3 is 4.57 Å². The average Bonchev–Trinajstić information content (AvgIpc) is 3.53. The fourth-order valence-electron chi connectivity index (χ4n) is 5.66. The minimum Gasteiger partial charge on any atom is -0.309 e. The van der Waals surface area contributed by atoms with E-state index in [2.05, 4.69) is 130 Å². The van der Waals surface area contributed by atoms with E-state index in [4.69, 9.17) is 0 Å². The zero-order valence-corrected chi connectivity index (χ0v) is 21.2. The average molecular weight is 504 g/mol. The molecule has 3 nitrogen and oxygen atoms in total. The molecule has 0 spiro atoms. The third-order valence-electron chi connectivity index (χ3n) is 7.34. The molecule has 8 rings (SSSR count). The number of hydrogen-bond acceptors (Lipinski definition) is 3. The van der Waals surface area contributed by atoms with Crippen LogP contribution in [0.15, 0.2) is 128 Å². The third kappa shape index (κ3) is 3.21. The summed E-state index contributed by atoms with van der Waals surface area (Å²) in [6.07, 6.45) is 3.60. The fourth-order valence-corrected chi connectivity index (χ4v) is 6.68. The van der Waals surface area contributed by atoms with Crippen LogP contribution >= 0.6 is 11.3 Å². The summed E-state index contributed by atoms with van der Waals surface area (Å²) in [6.45, 7) is 0. The molecule has 5 aromatic carbocycles. The maximum atomic E-state index is 4.59. The Labute approximate surface area is 223 Å². The van der Waals surface area contributed by atoms with Crippen molar-refractivity contribution in [2.45, 2.75) is 0 Å². The predicted octanol–water partition coefficient (Wildman–Crippen LogP) is 9.28. The van der Waals surface area contributed by atoms with Crippen molar-refractivity contribution in [1.29, 1.82) is 0 Å². The molecule has 38 heavy (non-hydrogen) atoms. The van der Waals surface area contributed by atoms with Crippen LogP contribution in [-0.2, 0) is 0 Å². The lowest BCUT2D eigenvalue weighted by Gasteiger charge is -2.14. The van der Waals surface area contributed by atoms with Crippen LogP contribution in [0.5, 0.6) is 0 Å². The van der Waals surface area contributed by atoms with Crippen molar-refractivity contribution in [2.24, 2.45) is 0 Å². The van der Waals surface area contributed by atoms with Crippen LogP contribution < -0.4 is 0 Å². The molecule has 178 valence electrons. The summed E-state index contributed by atoms with van der Waals surface area (Å²) in [7, 11) is 0. The van der Waals surface area contributed by atoms with Crippen LogP contribution in [0, 0.1) is 0 Å². The van der Waals surface area contributed by atoms with Crippen LogP contribution in [0.25, 0.3) is 70.0 Å². The zero-order valence-electron chi connectivity index (χ0n) is 20.4. The van der Waals surface area contributed by atoms with Crippen molar-refractivity contribution in [2.75, 3.05) is 0 Å². The lowest BCUT2D eigenvalue weighted by Crippen LogP contribution is -1.96. The molecule has 0 radical (unpaired) electrons. The van der Waals surface area contributed by atoms with Gasteiger partial charge in [-0.25, -0.2) is 9.97 Å². The van der Waals surface area contributed by atoms with E-state index in [1.807, 2.05) is 6.20 Å². The summed E-state index contributed by atoms with van der Waals surface area (Å²) in [5.74, 6) is 0. The predicted molar refractivity (Wildman–Crippen MR) is 160 cm³/mol. The molecule has 0 atom stereocenters. The van der Waals surface area contributed by atoms with Gasteiger partial charge >= 0.3 is 0 Å². The molecule has 0 aliphatic carbocycles. The minimum absolute atomic E-state index is 1.02. The normalized spacial score (nSPS) is 11.7. The lowest BCUT2D eigenvalue weighted by molar-refractivity contribution is 1.19. The van der Waals surface area contributed by atoms with Gasteiger partial charge in [0.1, 0.15) is 11.2 Å². The maximum Gasteiger partial charge on any atom is 0.127 e. The van der Waals surface area contributed by atoms with Crippen molar-refractivity contribution in [3.8, 4) is 27.9 Å². The second kappa shape index (κ2) is 8.37. The van der Waals surface area contributed by atoms with Crippen molar-refractivity contribution in [3.05, 3.63) is 128 Å². The van der Waals surface area contributed by atoms with Gasteiger partial charge in [-0.1, -0.05) is 84.9 Å². The highest BCUT2D eigenvalue weighted by Gasteiger charge is 2.19. The Hall–Kier alpha value is -4.80. The SMILES string of the molecule is c1ccc(-c2cc(-c3ccccc3)cc(-n3c4ccccc4c4ccc5sc6ncncc6c5c43)c2)cc1. The van der Waals surface area contributed by atoms with Gasteiger partial charge in [0.15, 0.2) is 0 Å². The Kier molecular flexibility index (Phi) is 4.69. The van der Waals surface area contributed by atoms with Crippen LogP contribution in [0.3, 0.4) is 0 Å². The molecule has 0 unspecified atom stereocenters. The third-order valence-corrected chi connectivity index (χ3v) is 8.42. The molecular weight excluding hydrogens is 482 g/mol. The Balaban J connectivity index is 1.54. The van der Waals surface area contributed by atoms with Crippen LogP contribution in [0.4, 0.5) is 0 Å². The van der Waals surface area contributed by atoms with Crippen LogP contribution in [0.1, 0.15) is 0 Å². The number of rotatable bonds is 3. The summed E-state index contributed by atoms with van der Waals surface area (Å²) in [5.41, 5.74) is 8.32. The van der Waals surface area contributed by atoms with Gasteiger partial charge in [-0.05, 0) is 52.6 Å². The van der Waals surface area contributed by atoms with E-state index < -0.39 is 0 Å². The molecular formula is C34H21N3S. The largest absolute Gasteiger partial charge is 0.309 e. The Morgan fingerprint density at radius 1 is 0.579 bits per heavy atom. The first kappa shape index (κ1) is 21.3. The first-order chi connectivity index (χ1) is 18.8. The molecule has 0 saturated heterocycles. The second-order valence-electron chi connectivity index (χ2n) is 9.53. The van der Waals surface area contributed by atoms with Gasteiger partial charge in [0.05, 0.1) is 11.0 Å². The van der Waals surface area contributed by atoms with E-state index >= 15 is 0 Å². The maximum absolute atomic E-state index is 4.59. The number of fused-ring (bicyclic) bond motifs is 7. The summed E-state index contributed by atoms with van der Waals surface area (Å²) in [5, 5.41) is 4.80. The van der Waals surface area contributed by atoms with E-state index in [0.29, 0.717) is 0 Å². The number of para-hydroxylation sites is 1. The van der Waals surface area contributed by atoms with Gasteiger partial charge in [0.25, 0.3) is 0 Å². The van der Waals surface area contributed by atoms with Crippen molar-refractivity contribution < 1.29 is 0 Å². The highest BCUT2D eigenvalue weighted by atomic mass is 32.1. The smallest absolute Gasteiger partial charge is 0.127 e. The first-order valence-corrected chi connectivity index (χ1v) is 13.5. The quantitative estimate of drug-likeness (QED) is 0.240. The summed E-state index contributed by atoms with van der Waals surface area (Å²) < 4.78 is 3.66. The van der Waals surface area contributed by atoms with Gasteiger partial charge in [-0.15, -0.1) is 11.3 Å². The molecule has 0 saturated carbocycles. The van der Waals surface area contributed by atoms with E-state index in [1.54, 1.807) is 17.7 Å². The van der Waals surface area contributed by atoms with E-state index in [0.717, 1.165) is 15.9 Å². The fraction of sp³-hybridized carbons (Fsp3) is 0. The number of hydrogen-bond donors (Lipinski definition) is 0. The standard InChI is InChI=1S/C34H21N3S/c1-3-9-22(10-4-1)24-17-25(23-11-5-2-6-12-23)19-26(18-24)37-30-14-8-7-13-27(30)28-15-16-31-32(33(28)37)29-20-35-21-36-34(29)38-31/h1-21H. The number of thiophene rings is 1. The first-order valence-electron chi connectivity index (χ1n) is 12.7. The molecule has 0 amide bonds. The van der Waals surface area contributed by atoms with E-state index in [-0.39, 0.29) is 0 Å². The molecule has 3 aromatic heterocycles. The van der Waals surface area contributed by atoms with Crippen LogP contribution in [0.2, 0.25) is 0 Å². The van der Waals surface area contributed by atoms with Crippen molar-refractivity contribution in [3.63, 3.8) is 0 Å². The van der Waals surface area contributed by atoms with Crippen LogP contribution in [-0.4, -0.2) is 14.5 Å². The Morgan fingerprint density at radius 2 is 1.26 bits per heavy atom. The molecule has 0 fully saturated rings. The number of benzene rings is 5. The number of aromatic nitrogens is 3. The monoisotopic (exact) mass is 503 g/mol. The van der Waals surface area contributed by atoms with Gasteiger partial charge in [-0.2, -0.15) is 0 Å². The highest BCUT2D eigenvalue weighted by Crippen LogP contribution is 2.43. The van der Waals surface area contributed by atoms with E-state index in [9.17, 15) is 0 Å². The summed E-state index contributed by atoms with van der Waals surface area (Å²) in [4.78, 5) is 10.00. The molecule has 0 aliphatic rings. The van der Waals surface area contributed by atoms with Crippen molar-refractivity contribution in [1.82, 2.24) is 14.5 Å². The Bertz CT molecular complexity index is 2070. The van der Waals surface area contributed by atoms with Gasteiger partial charge in [0, 0.05) is 38.1 Å². The molecule has 8 aromatic rings. The Morgan fingerprint density at radius 3 is 2.00 bits per heavy atom. The topological polar surface area (TPSA) is 30.7 Å². The summed E-state index contributed by atoms with van der Waals surface area (Å²) >= 11 is 1.73. The zero-order chi connectivity index (χ0) is 25.1. The molecule has 0 aliphatic heterocycles. The minimum atomic E-state index is 1.02. The van der Waals surface area contributed by atoms with E-state index in [1.165, 1.54) is 54.1 Å². The molecule has 3 heterocycles. The molecule has 4 heteroatoms. The molecule has 0 bridgehead atoms.